The van der Waals surface area contributed by atoms with Gasteiger partial charge in [0.15, 0.2) is 6.29 Å². The Bertz CT molecular complexity index is 187. The third-order valence-corrected chi connectivity index (χ3v) is 2.96. The Morgan fingerprint density at radius 1 is 0.938 bits per heavy atom. The quantitative estimate of drug-likeness (QED) is 0.295. The molecule has 2 nitrogen and oxygen atoms in total. The molecule has 0 aromatic carbocycles. The highest BCUT2D eigenvalue weighted by Crippen LogP contribution is 2.10. The number of unbranched alkanes of at least 4 members (excludes halogenated alkanes) is 8. The van der Waals surface area contributed by atoms with Crippen molar-refractivity contribution >= 4 is 12.0 Å². The van der Waals surface area contributed by atoms with Crippen LogP contribution in [0.5, 0.6) is 0 Å². The molecular formula is C14H27NO. The molecule has 0 fully saturated rings. The van der Waals surface area contributed by atoms with Crippen molar-refractivity contribution in [3.8, 4) is 0 Å². The van der Waals surface area contributed by atoms with Crippen LogP contribution in [-0.2, 0) is 4.79 Å². The SMILES string of the molecule is CCCCCCCCCCC/C(C=O)=N/C. The van der Waals surface area contributed by atoms with Crippen molar-refractivity contribution in [2.45, 2.75) is 71.1 Å². The molecule has 16 heavy (non-hydrogen) atoms. The minimum absolute atomic E-state index is 0.711. The molecule has 2 heteroatoms. The summed E-state index contributed by atoms with van der Waals surface area (Å²) < 4.78 is 0. The topological polar surface area (TPSA) is 29.4 Å². The van der Waals surface area contributed by atoms with Crippen molar-refractivity contribution < 1.29 is 4.79 Å². The van der Waals surface area contributed by atoms with E-state index in [0.717, 1.165) is 19.1 Å². The van der Waals surface area contributed by atoms with Crippen LogP contribution in [0.1, 0.15) is 71.1 Å². The Labute approximate surface area is 101 Å². The van der Waals surface area contributed by atoms with Crippen molar-refractivity contribution in [1.29, 1.82) is 0 Å². The largest absolute Gasteiger partial charge is 0.297 e. The van der Waals surface area contributed by atoms with Crippen LogP contribution in [0.2, 0.25) is 0 Å². The Kier molecular flexibility index (Phi) is 11.9. The Morgan fingerprint density at radius 2 is 1.44 bits per heavy atom. The predicted molar refractivity (Wildman–Crippen MR) is 71.3 cm³/mol. The molecule has 0 N–H and O–H groups in total. The smallest absolute Gasteiger partial charge is 0.163 e. The molecule has 0 amide bonds. The van der Waals surface area contributed by atoms with Gasteiger partial charge in [-0.05, 0) is 12.8 Å². The van der Waals surface area contributed by atoms with E-state index in [1.807, 2.05) is 0 Å². The monoisotopic (exact) mass is 225 g/mol. The van der Waals surface area contributed by atoms with Gasteiger partial charge in [0.05, 0.1) is 5.71 Å². The van der Waals surface area contributed by atoms with Gasteiger partial charge in [-0.15, -0.1) is 0 Å². The highest BCUT2D eigenvalue weighted by Gasteiger charge is 1.96. The van der Waals surface area contributed by atoms with Crippen LogP contribution >= 0.6 is 0 Å². The van der Waals surface area contributed by atoms with Gasteiger partial charge in [-0.1, -0.05) is 58.3 Å². The van der Waals surface area contributed by atoms with Gasteiger partial charge >= 0.3 is 0 Å². The van der Waals surface area contributed by atoms with Gasteiger partial charge in [0.2, 0.25) is 0 Å². The summed E-state index contributed by atoms with van der Waals surface area (Å²) in [5.41, 5.74) is 0.711. The molecule has 94 valence electrons. The lowest BCUT2D eigenvalue weighted by atomic mass is 10.1. The van der Waals surface area contributed by atoms with Crippen molar-refractivity contribution in [2.24, 2.45) is 4.99 Å². The van der Waals surface area contributed by atoms with E-state index in [2.05, 4.69) is 11.9 Å². The lowest BCUT2D eigenvalue weighted by molar-refractivity contribution is -0.102. The molecule has 0 aliphatic rings. The molecule has 0 aromatic heterocycles. The summed E-state index contributed by atoms with van der Waals surface area (Å²) in [4.78, 5) is 14.4. The van der Waals surface area contributed by atoms with Gasteiger partial charge in [0.1, 0.15) is 0 Å². The number of carbonyl (C=O) groups is 1. The average molecular weight is 225 g/mol. The van der Waals surface area contributed by atoms with Crippen LogP contribution in [0.3, 0.4) is 0 Å². The summed E-state index contributed by atoms with van der Waals surface area (Å²) >= 11 is 0. The maximum Gasteiger partial charge on any atom is 0.163 e. The van der Waals surface area contributed by atoms with Crippen LogP contribution in [0, 0.1) is 0 Å². The van der Waals surface area contributed by atoms with E-state index in [1.165, 1.54) is 51.4 Å². The first-order chi connectivity index (χ1) is 7.85. The molecule has 0 saturated heterocycles. The first-order valence-corrected chi connectivity index (χ1v) is 6.76. The lowest BCUT2D eigenvalue weighted by Gasteiger charge is -2.01. The molecule has 0 heterocycles. The van der Waals surface area contributed by atoms with E-state index in [1.54, 1.807) is 7.05 Å². The Balaban J connectivity index is 3.12. The average Bonchev–Trinajstić information content (AvgIpc) is 2.32. The van der Waals surface area contributed by atoms with Crippen molar-refractivity contribution in [3.63, 3.8) is 0 Å². The van der Waals surface area contributed by atoms with Crippen LogP contribution in [-0.4, -0.2) is 19.0 Å². The Hall–Kier alpha value is -0.660. The summed E-state index contributed by atoms with van der Waals surface area (Å²) in [5.74, 6) is 0. The third kappa shape index (κ3) is 9.88. The summed E-state index contributed by atoms with van der Waals surface area (Å²) in [6.07, 6.45) is 13.6. The molecule has 0 aliphatic carbocycles. The van der Waals surface area contributed by atoms with Gasteiger partial charge in [-0.3, -0.25) is 9.79 Å². The number of aldehydes is 1. The van der Waals surface area contributed by atoms with Crippen molar-refractivity contribution in [1.82, 2.24) is 0 Å². The van der Waals surface area contributed by atoms with Crippen molar-refractivity contribution in [2.75, 3.05) is 7.05 Å². The van der Waals surface area contributed by atoms with Gasteiger partial charge in [-0.2, -0.15) is 0 Å². The van der Waals surface area contributed by atoms with E-state index in [-0.39, 0.29) is 0 Å². The second-order valence-corrected chi connectivity index (χ2v) is 4.41. The van der Waals surface area contributed by atoms with E-state index >= 15 is 0 Å². The second kappa shape index (κ2) is 12.4. The maximum atomic E-state index is 10.5. The molecule has 0 unspecified atom stereocenters. The number of rotatable bonds is 11. The van der Waals surface area contributed by atoms with E-state index in [4.69, 9.17) is 0 Å². The summed E-state index contributed by atoms with van der Waals surface area (Å²) in [6, 6.07) is 0. The molecule has 0 spiro atoms. The van der Waals surface area contributed by atoms with E-state index in [9.17, 15) is 4.79 Å². The van der Waals surface area contributed by atoms with Gasteiger partial charge in [0, 0.05) is 7.05 Å². The number of nitrogens with zero attached hydrogens (tertiary/aromatic N) is 1. The molecule has 0 saturated carbocycles. The van der Waals surface area contributed by atoms with E-state index in [0.29, 0.717) is 5.71 Å². The number of hydrogen-bond donors (Lipinski definition) is 0. The highest BCUT2D eigenvalue weighted by molar-refractivity contribution is 6.28. The Morgan fingerprint density at radius 3 is 1.88 bits per heavy atom. The molecule has 0 aromatic rings. The zero-order valence-corrected chi connectivity index (χ0v) is 11.0. The summed E-state index contributed by atoms with van der Waals surface area (Å²) in [5, 5.41) is 0. The van der Waals surface area contributed by atoms with E-state index < -0.39 is 0 Å². The zero-order chi connectivity index (χ0) is 12.1. The predicted octanol–water partition coefficient (Wildman–Crippen LogP) is 4.18. The molecular weight excluding hydrogens is 198 g/mol. The van der Waals surface area contributed by atoms with Gasteiger partial charge < -0.3 is 0 Å². The first-order valence-electron chi connectivity index (χ1n) is 6.76. The third-order valence-electron chi connectivity index (χ3n) is 2.96. The molecule has 0 radical (unpaired) electrons. The standard InChI is InChI=1S/C14H27NO/c1-3-4-5-6-7-8-9-10-11-12-14(13-16)15-2/h13H,3-12H2,1-2H3/b15-14-. The first kappa shape index (κ1) is 15.3. The van der Waals surface area contributed by atoms with Crippen molar-refractivity contribution in [3.05, 3.63) is 0 Å². The summed E-state index contributed by atoms with van der Waals surface area (Å²) in [7, 11) is 1.69. The number of hydrogen-bond acceptors (Lipinski definition) is 2. The lowest BCUT2D eigenvalue weighted by Crippen LogP contribution is -1.98. The van der Waals surface area contributed by atoms with Crippen LogP contribution in [0.25, 0.3) is 0 Å². The van der Waals surface area contributed by atoms with Crippen LogP contribution in [0.4, 0.5) is 0 Å². The van der Waals surface area contributed by atoms with Gasteiger partial charge in [-0.25, -0.2) is 0 Å². The van der Waals surface area contributed by atoms with Gasteiger partial charge in [0.25, 0.3) is 0 Å². The van der Waals surface area contributed by atoms with Crippen LogP contribution in [0.15, 0.2) is 4.99 Å². The normalized spacial score (nSPS) is 11.8. The molecule has 0 bridgehead atoms. The summed E-state index contributed by atoms with van der Waals surface area (Å²) in [6.45, 7) is 2.25. The maximum absolute atomic E-state index is 10.5. The minimum atomic E-state index is 0.711. The second-order valence-electron chi connectivity index (χ2n) is 4.41. The van der Waals surface area contributed by atoms with Crippen LogP contribution < -0.4 is 0 Å². The molecule has 0 rings (SSSR count). The fourth-order valence-corrected chi connectivity index (χ4v) is 1.84. The zero-order valence-electron chi connectivity index (χ0n) is 11.0. The molecule has 0 aliphatic heterocycles. The molecule has 0 atom stereocenters. The highest BCUT2D eigenvalue weighted by atomic mass is 16.1. The fourth-order valence-electron chi connectivity index (χ4n) is 1.84. The number of carbonyl (C=O) groups excluding carboxylic acids is 1. The number of aliphatic imine (C=N–C) groups is 1. The minimum Gasteiger partial charge on any atom is -0.297 e. The fraction of sp³-hybridized carbons (Fsp3) is 0.857.